The second kappa shape index (κ2) is 7.05. The highest BCUT2D eigenvalue weighted by Gasteiger charge is 2.34. The lowest BCUT2D eigenvalue weighted by Crippen LogP contribution is -2.40. The zero-order valence-corrected chi connectivity index (χ0v) is 16.3. The van der Waals surface area contributed by atoms with Crippen molar-refractivity contribution < 1.29 is 9.18 Å². The van der Waals surface area contributed by atoms with E-state index in [0.29, 0.717) is 17.1 Å². The minimum Gasteiger partial charge on any atom is -0.356 e. The van der Waals surface area contributed by atoms with Gasteiger partial charge in [-0.1, -0.05) is 41.9 Å². The first kappa shape index (κ1) is 18.0. The Bertz CT molecular complexity index is 1200. The summed E-state index contributed by atoms with van der Waals surface area (Å²) in [6.45, 7) is 0.582. The molecule has 29 heavy (non-hydrogen) atoms. The van der Waals surface area contributed by atoms with Crippen LogP contribution in [-0.4, -0.2) is 22.3 Å². The molecule has 4 aromatic rings. The van der Waals surface area contributed by atoms with E-state index in [1.165, 1.54) is 35.2 Å². The van der Waals surface area contributed by atoms with Gasteiger partial charge in [0, 0.05) is 33.7 Å². The Morgan fingerprint density at radius 2 is 1.72 bits per heavy atom. The second-order valence-corrected chi connectivity index (χ2v) is 7.71. The van der Waals surface area contributed by atoms with Gasteiger partial charge in [-0.15, -0.1) is 0 Å². The number of carbonyl (C=O) groups is 1. The van der Waals surface area contributed by atoms with Crippen molar-refractivity contribution >= 4 is 28.4 Å². The fourth-order valence-corrected chi connectivity index (χ4v) is 4.34. The number of hydrogen-bond acceptors (Lipinski definition) is 1. The summed E-state index contributed by atoms with van der Waals surface area (Å²) in [4.78, 5) is 18.7. The van der Waals surface area contributed by atoms with Crippen LogP contribution in [0.2, 0.25) is 5.02 Å². The van der Waals surface area contributed by atoms with E-state index in [9.17, 15) is 9.18 Å². The van der Waals surface area contributed by atoms with Gasteiger partial charge in [0.25, 0.3) is 5.91 Å². The third-order valence-corrected chi connectivity index (χ3v) is 5.82. The molecule has 2 heterocycles. The highest BCUT2D eigenvalue weighted by atomic mass is 35.5. The van der Waals surface area contributed by atoms with Crippen molar-refractivity contribution in [2.24, 2.45) is 0 Å². The summed E-state index contributed by atoms with van der Waals surface area (Å²) in [7, 11) is 0. The molecular weight excluding hydrogens is 387 g/mol. The van der Waals surface area contributed by atoms with Crippen LogP contribution in [0.25, 0.3) is 10.9 Å². The van der Waals surface area contributed by atoms with Crippen LogP contribution >= 0.6 is 11.6 Å². The van der Waals surface area contributed by atoms with Gasteiger partial charge in [-0.05, 0) is 60.0 Å². The molecule has 0 saturated carbocycles. The number of para-hydroxylation sites is 1. The normalized spacial score (nSPS) is 16.1. The van der Waals surface area contributed by atoms with Gasteiger partial charge in [-0.3, -0.25) is 4.79 Å². The lowest BCUT2D eigenvalue weighted by Gasteiger charge is -2.36. The average molecular weight is 405 g/mol. The van der Waals surface area contributed by atoms with Crippen LogP contribution in [0, 0.1) is 5.82 Å². The van der Waals surface area contributed by atoms with Crippen molar-refractivity contribution in [3.63, 3.8) is 0 Å². The molecule has 1 aromatic heterocycles. The number of carbonyl (C=O) groups excluding carboxylic acids is 1. The molecule has 1 amide bonds. The van der Waals surface area contributed by atoms with Gasteiger partial charge in [-0.2, -0.15) is 0 Å². The minimum absolute atomic E-state index is 0.116. The van der Waals surface area contributed by atoms with E-state index >= 15 is 0 Å². The zero-order valence-electron chi connectivity index (χ0n) is 15.5. The molecule has 0 aliphatic carbocycles. The van der Waals surface area contributed by atoms with Crippen molar-refractivity contribution in [1.82, 2.24) is 9.88 Å². The number of halogens is 2. The van der Waals surface area contributed by atoms with E-state index in [0.717, 1.165) is 23.2 Å². The van der Waals surface area contributed by atoms with Crippen LogP contribution in [0.5, 0.6) is 0 Å². The number of aromatic amines is 1. The van der Waals surface area contributed by atoms with Crippen molar-refractivity contribution in [2.45, 2.75) is 12.5 Å². The Hall–Kier alpha value is -3.11. The molecular formula is C24H18ClFN2O. The van der Waals surface area contributed by atoms with Crippen LogP contribution in [0.15, 0.2) is 72.8 Å². The van der Waals surface area contributed by atoms with Gasteiger partial charge in [0.05, 0.1) is 6.04 Å². The van der Waals surface area contributed by atoms with E-state index in [-0.39, 0.29) is 17.8 Å². The predicted octanol–water partition coefficient (Wildman–Crippen LogP) is 5.75. The molecule has 0 spiro atoms. The van der Waals surface area contributed by atoms with Crippen molar-refractivity contribution in [3.8, 4) is 0 Å². The van der Waals surface area contributed by atoms with Gasteiger partial charge in [0.1, 0.15) is 5.82 Å². The highest BCUT2D eigenvalue weighted by Crippen LogP contribution is 2.39. The number of nitrogens with zero attached hydrogens (tertiary/aromatic N) is 1. The van der Waals surface area contributed by atoms with Gasteiger partial charge in [-0.25, -0.2) is 4.39 Å². The summed E-state index contributed by atoms with van der Waals surface area (Å²) in [6, 6.07) is 21.3. The van der Waals surface area contributed by atoms with E-state index < -0.39 is 0 Å². The van der Waals surface area contributed by atoms with Crippen LogP contribution in [-0.2, 0) is 6.42 Å². The first-order valence-electron chi connectivity index (χ1n) is 9.53. The molecule has 0 bridgehead atoms. The lowest BCUT2D eigenvalue weighted by atomic mass is 9.91. The molecule has 0 unspecified atom stereocenters. The molecule has 1 aliphatic rings. The van der Waals surface area contributed by atoms with Crippen LogP contribution < -0.4 is 0 Å². The second-order valence-electron chi connectivity index (χ2n) is 7.27. The van der Waals surface area contributed by atoms with E-state index in [1.807, 2.05) is 41.3 Å². The molecule has 1 N–H and O–H groups in total. The Kier molecular flexibility index (Phi) is 4.36. The zero-order chi connectivity index (χ0) is 20.0. The number of nitrogens with one attached hydrogen (secondary N) is 1. The molecule has 1 aliphatic heterocycles. The number of fused-ring (bicyclic) bond motifs is 3. The number of rotatable bonds is 2. The Balaban J connectivity index is 1.65. The number of H-pyrrole nitrogens is 1. The average Bonchev–Trinajstić information content (AvgIpc) is 3.12. The molecule has 1 atom stereocenters. The quantitative estimate of drug-likeness (QED) is 0.453. The van der Waals surface area contributed by atoms with Crippen molar-refractivity contribution in [1.29, 1.82) is 0 Å². The topological polar surface area (TPSA) is 36.1 Å². The molecule has 0 saturated heterocycles. The summed E-state index contributed by atoms with van der Waals surface area (Å²) < 4.78 is 13.3. The summed E-state index contributed by atoms with van der Waals surface area (Å²) in [5.41, 5.74) is 4.79. The van der Waals surface area contributed by atoms with Crippen LogP contribution in [0.3, 0.4) is 0 Å². The van der Waals surface area contributed by atoms with Gasteiger partial charge < -0.3 is 9.88 Å². The first-order valence-corrected chi connectivity index (χ1v) is 9.91. The van der Waals surface area contributed by atoms with Crippen molar-refractivity contribution in [2.75, 3.05) is 6.54 Å². The predicted molar refractivity (Wildman–Crippen MR) is 113 cm³/mol. The van der Waals surface area contributed by atoms with Gasteiger partial charge in [0.2, 0.25) is 0 Å². The summed E-state index contributed by atoms with van der Waals surface area (Å²) >= 11 is 6.10. The molecule has 3 aromatic carbocycles. The molecule has 144 valence electrons. The Morgan fingerprint density at radius 1 is 1.00 bits per heavy atom. The van der Waals surface area contributed by atoms with Crippen LogP contribution in [0.1, 0.15) is 33.2 Å². The van der Waals surface area contributed by atoms with Gasteiger partial charge in [0.15, 0.2) is 0 Å². The molecule has 3 nitrogen and oxygen atoms in total. The maximum absolute atomic E-state index is 13.4. The third-order valence-electron chi connectivity index (χ3n) is 5.57. The highest BCUT2D eigenvalue weighted by molar-refractivity contribution is 6.30. The fourth-order valence-electron chi connectivity index (χ4n) is 4.21. The summed E-state index contributed by atoms with van der Waals surface area (Å²) in [5.74, 6) is -0.471. The third kappa shape index (κ3) is 3.10. The Labute approximate surface area is 172 Å². The maximum atomic E-state index is 13.4. The minimum atomic E-state index is -0.354. The largest absolute Gasteiger partial charge is 0.356 e. The summed E-state index contributed by atoms with van der Waals surface area (Å²) in [5, 5.41) is 1.84. The van der Waals surface area contributed by atoms with E-state index in [2.05, 4.69) is 17.1 Å². The maximum Gasteiger partial charge on any atom is 0.254 e. The van der Waals surface area contributed by atoms with E-state index in [1.54, 1.807) is 0 Å². The number of amides is 1. The van der Waals surface area contributed by atoms with Gasteiger partial charge >= 0.3 is 0 Å². The van der Waals surface area contributed by atoms with Crippen molar-refractivity contribution in [3.05, 3.63) is 106 Å². The smallest absolute Gasteiger partial charge is 0.254 e. The molecule has 5 rings (SSSR count). The number of aromatic nitrogens is 1. The first-order chi connectivity index (χ1) is 14.1. The van der Waals surface area contributed by atoms with Crippen LogP contribution in [0.4, 0.5) is 4.39 Å². The summed E-state index contributed by atoms with van der Waals surface area (Å²) in [6.07, 6.45) is 0.760. The number of hydrogen-bond donors (Lipinski definition) is 1. The fraction of sp³-hybridized carbons (Fsp3) is 0.125. The number of benzene rings is 3. The monoisotopic (exact) mass is 404 g/mol. The lowest BCUT2D eigenvalue weighted by molar-refractivity contribution is 0.0692. The molecule has 0 radical (unpaired) electrons. The molecule has 0 fully saturated rings. The van der Waals surface area contributed by atoms with E-state index in [4.69, 9.17) is 11.6 Å². The Morgan fingerprint density at radius 3 is 2.48 bits per heavy atom. The molecule has 5 heteroatoms. The SMILES string of the molecule is O=C(c1ccc(F)cc1)N1CCc2c([nH]c3ccccc23)[C@@H]1c1ccc(Cl)cc1. The standard InChI is InChI=1S/C24H18ClFN2O/c25-17-9-5-15(6-10-17)23-22-20(19-3-1-2-4-21(19)27-22)13-14-28(23)24(29)16-7-11-18(26)12-8-16/h1-12,23,27H,13-14H2/t23-/m0/s1.